The third-order valence-corrected chi connectivity index (χ3v) is 2.32. The summed E-state index contributed by atoms with van der Waals surface area (Å²) in [5.41, 5.74) is 0.906. The van der Waals surface area contributed by atoms with E-state index in [0.717, 1.165) is 24.3 Å². The number of aryl methyl sites for hydroxylation is 1. The fourth-order valence-corrected chi connectivity index (χ4v) is 1.41. The first-order valence-corrected chi connectivity index (χ1v) is 4.52. The van der Waals surface area contributed by atoms with E-state index in [4.69, 9.17) is 9.84 Å². The van der Waals surface area contributed by atoms with Crippen LogP contribution in [0.5, 0.6) is 5.75 Å². The van der Waals surface area contributed by atoms with E-state index in [2.05, 4.69) is 4.98 Å². The maximum absolute atomic E-state index is 9.07. The molecule has 3 heteroatoms. The van der Waals surface area contributed by atoms with Gasteiger partial charge in [0, 0.05) is 19.0 Å². The number of aliphatic hydroxyl groups excluding tert-OH is 1. The zero-order valence-corrected chi connectivity index (χ0v) is 7.60. The molecule has 13 heavy (non-hydrogen) atoms. The molecule has 1 heterocycles. The minimum atomic E-state index is -0.165. The van der Waals surface area contributed by atoms with E-state index >= 15 is 0 Å². The van der Waals surface area contributed by atoms with Crippen LogP contribution in [-0.4, -0.2) is 22.3 Å². The summed E-state index contributed by atoms with van der Waals surface area (Å²) >= 11 is 0. The quantitative estimate of drug-likeness (QED) is 0.744. The van der Waals surface area contributed by atoms with Gasteiger partial charge in [-0.05, 0) is 19.1 Å². The normalized spacial score (nSPS) is 26.6. The summed E-state index contributed by atoms with van der Waals surface area (Å²) in [7, 11) is 0. The smallest absolute Gasteiger partial charge is 0.140 e. The van der Waals surface area contributed by atoms with Crippen molar-refractivity contribution in [2.75, 3.05) is 0 Å². The molecule has 1 fully saturated rings. The van der Waals surface area contributed by atoms with E-state index in [0.29, 0.717) is 0 Å². The summed E-state index contributed by atoms with van der Waals surface area (Å²) in [6, 6.07) is 3.77. The molecule has 70 valence electrons. The fraction of sp³-hybridized carbons (Fsp3) is 0.500. The van der Waals surface area contributed by atoms with Crippen molar-refractivity contribution in [3.05, 3.63) is 24.0 Å². The molecule has 1 N–H and O–H groups in total. The predicted octanol–water partition coefficient (Wildman–Crippen LogP) is 1.29. The first kappa shape index (κ1) is 8.51. The third kappa shape index (κ3) is 1.80. The minimum absolute atomic E-state index is 0.165. The van der Waals surface area contributed by atoms with Gasteiger partial charge in [0.15, 0.2) is 0 Å². The maximum Gasteiger partial charge on any atom is 0.140 e. The summed E-state index contributed by atoms with van der Waals surface area (Å²) in [5.74, 6) is 0.833. The summed E-state index contributed by atoms with van der Waals surface area (Å²) in [6.07, 6.45) is 3.25. The van der Waals surface area contributed by atoms with Gasteiger partial charge in [0.2, 0.25) is 0 Å². The van der Waals surface area contributed by atoms with Crippen molar-refractivity contribution in [3.63, 3.8) is 0 Å². The zero-order chi connectivity index (χ0) is 9.26. The van der Waals surface area contributed by atoms with Crippen LogP contribution in [0.4, 0.5) is 0 Å². The lowest BCUT2D eigenvalue weighted by atomic mass is 9.92. The topological polar surface area (TPSA) is 42.4 Å². The highest BCUT2D eigenvalue weighted by Gasteiger charge is 2.29. The lowest BCUT2D eigenvalue weighted by molar-refractivity contribution is -0.0112. The van der Waals surface area contributed by atoms with Crippen molar-refractivity contribution < 1.29 is 9.84 Å². The number of ether oxygens (including phenoxy) is 1. The van der Waals surface area contributed by atoms with Gasteiger partial charge in [-0.3, -0.25) is 4.98 Å². The average Bonchev–Trinajstić information content (AvgIpc) is 2.06. The van der Waals surface area contributed by atoms with Crippen molar-refractivity contribution in [2.24, 2.45) is 0 Å². The van der Waals surface area contributed by atoms with Crippen LogP contribution < -0.4 is 4.74 Å². The first-order chi connectivity index (χ1) is 6.25. The summed E-state index contributed by atoms with van der Waals surface area (Å²) in [4.78, 5) is 4.12. The van der Waals surface area contributed by atoms with Crippen molar-refractivity contribution in [2.45, 2.75) is 32.0 Å². The summed E-state index contributed by atoms with van der Waals surface area (Å²) in [5, 5.41) is 9.07. The van der Waals surface area contributed by atoms with Crippen molar-refractivity contribution >= 4 is 0 Å². The average molecular weight is 179 g/mol. The largest absolute Gasteiger partial charge is 0.488 e. The molecule has 0 saturated heterocycles. The Balaban J connectivity index is 1.98. The molecule has 1 aliphatic rings. The lowest BCUT2D eigenvalue weighted by Gasteiger charge is -2.31. The highest BCUT2D eigenvalue weighted by molar-refractivity contribution is 5.25. The van der Waals surface area contributed by atoms with Gasteiger partial charge in [0.1, 0.15) is 11.9 Å². The SMILES string of the molecule is Cc1ncccc1OC1CC(O)C1. The molecule has 1 aromatic rings. The van der Waals surface area contributed by atoms with Gasteiger partial charge in [-0.1, -0.05) is 0 Å². The molecule has 0 aromatic carbocycles. The number of rotatable bonds is 2. The molecule has 2 rings (SSSR count). The molecule has 0 atom stereocenters. The molecular formula is C10H13NO2. The van der Waals surface area contributed by atoms with Crippen molar-refractivity contribution in [1.29, 1.82) is 0 Å². The van der Waals surface area contributed by atoms with Crippen LogP contribution in [-0.2, 0) is 0 Å². The summed E-state index contributed by atoms with van der Waals surface area (Å²) in [6.45, 7) is 1.92. The van der Waals surface area contributed by atoms with Gasteiger partial charge in [-0.15, -0.1) is 0 Å². The molecule has 1 saturated carbocycles. The van der Waals surface area contributed by atoms with Crippen LogP contribution in [0.3, 0.4) is 0 Å². The highest BCUT2D eigenvalue weighted by atomic mass is 16.5. The molecule has 0 spiro atoms. The molecule has 0 radical (unpaired) electrons. The molecular weight excluding hydrogens is 166 g/mol. The molecule has 3 nitrogen and oxygen atoms in total. The Bertz CT molecular complexity index is 295. The van der Waals surface area contributed by atoms with Gasteiger partial charge in [-0.25, -0.2) is 0 Å². The Morgan fingerprint density at radius 1 is 1.54 bits per heavy atom. The molecule has 0 amide bonds. The van der Waals surface area contributed by atoms with Crippen molar-refractivity contribution in [1.82, 2.24) is 4.98 Å². The van der Waals surface area contributed by atoms with Crippen LogP contribution in [0.2, 0.25) is 0 Å². The molecule has 1 aromatic heterocycles. The van der Waals surface area contributed by atoms with Crippen LogP contribution in [0, 0.1) is 6.92 Å². The first-order valence-electron chi connectivity index (χ1n) is 4.52. The van der Waals surface area contributed by atoms with Crippen LogP contribution in [0.1, 0.15) is 18.5 Å². The summed E-state index contributed by atoms with van der Waals surface area (Å²) < 4.78 is 5.63. The number of hydrogen-bond acceptors (Lipinski definition) is 3. The second kappa shape index (κ2) is 3.34. The number of nitrogens with zero attached hydrogens (tertiary/aromatic N) is 1. The van der Waals surface area contributed by atoms with Gasteiger partial charge in [0.25, 0.3) is 0 Å². The Morgan fingerprint density at radius 3 is 2.92 bits per heavy atom. The zero-order valence-electron chi connectivity index (χ0n) is 7.60. The predicted molar refractivity (Wildman–Crippen MR) is 48.6 cm³/mol. The van der Waals surface area contributed by atoms with Crippen LogP contribution in [0.25, 0.3) is 0 Å². The second-order valence-corrected chi connectivity index (χ2v) is 3.45. The molecule has 1 aliphatic carbocycles. The molecule has 0 aliphatic heterocycles. The van der Waals surface area contributed by atoms with Gasteiger partial charge in [-0.2, -0.15) is 0 Å². The van der Waals surface area contributed by atoms with E-state index in [1.807, 2.05) is 19.1 Å². The monoisotopic (exact) mass is 179 g/mol. The van der Waals surface area contributed by atoms with Gasteiger partial charge < -0.3 is 9.84 Å². The van der Waals surface area contributed by atoms with E-state index in [1.165, 1.54) is 0 Å². The number of aromatic nitrogens is 1. The van der Waals surface area contributed by atoms with E-state index in [9.17, 15) is 0 Å². The Labute approximate surface area is 77.4 Å². The molecule has 0 unspecified atom stereocenters. The van der Waals surface area contributed by atoms with Crippen LogP contribution >= 0.6 is 0 Å². The molecule has 0 bridgehead atoms. The van der Waals surface area contributed by atoms with Crippen molar-refractivity contribution in [3.8, 4) is 5.75 Å². The highest BCUT2D eigenvalue weighted by Crippen LogP contribution is 2.26. The van der Waals surface area contributed by atoms with Crippen LogP contribution in [0.15, 0.2) is 18.3 Å². The Hall–Kier alpha value is -1.09. The maximum atomic E-state index is 9.07. The Kier molecular flexibility index (Phi) is 2.19. The number of aliphatic hydroxyl groups is 1. The van der Waals surface area contributed by atoms with E-state index in [1.54, 1.807) is 6.20 Å². The lowest BCUT2D eigenvalue weighted by Crippen LogP contribution is -2.37. The van der Waals surface area contributed by atoms with Gasteiger partial charge >= 0.3 is 0 Å². The van der Waals surface area contributed by atoms with Gasteiger partial charge in [0.05, 0.1) is 11.8 Å². The fourth-order valence-electron chi connectivity index (χ4n) is 1.41. The van der Waals surface area contributed by atoms with E-state index in [-0.39, 0.29) is 12.2 Å². The Morgan fingerprint density at radius 2 is 2.31 bits per heavy atom. The standard InChI is InChI=1S/C10H13NO2/c1-7-10(3-2-4-11-7)13-9-5-8(12)6-9/h2-4,8-9,12H,5-6H2,1H3. The number of pyridine rings is 1. The third-order valence-electron chi connectivity index (χ3n) is 2.32. The van der Waals surface area contributed by atoms with E-state index < -0.39 is 0 Å². The number of hydrogen-bond donors (Lipinski definition) is 1. The minimum Gasteiger partial charge on any atom is -0.488 e. The second-order valence-electron chi connectivity index (χ2n) is 3.45.